The first-order chi connectivity index (χ1) is 0. The summed E-state index contributed by atoms with van der Waals surface area (Å²) in [4.78, 5) is 0. The molecule has 0 aromatic rings. The van der Waals surface area contributed by atoms with E-state index in [0.717, 1.165) is 0 Å². The predicted octanol–water partition coefficient (Wildman–Crippen LogP) is -7.42. The van der Waals surface area contributed by atoms with E-state index in [4.69, 9.17) is 0 Å². The van der Waals surface area contributed by atoms with E-state index in [2.05, 4.69) is 0 Å². The zero-order chi connectivity index (χ0) is 0. The molecule has 0 aliphatic rings. The fraction of sp³-hybridized carbons (Fsp3) is 0. The molecule has 2 nitrogen and oxygen atoms in total. The molecule has 0 saturated carbocycles. The second-order valence-electron chi connectivity index (χ2n) is 0. The van der Waals surface area contributed by atoms with Crippen LogP contribution in [0.1, 0.15) is 2.85 Å². The van der Waals surface area contributed by atoms with E-state index in [1.807, 2.05) is 0 Å². The summed E-state index contributed by atoms with van der Waals surface area (Å²) >= 11 is 0. The SMILES string of the molecule is O.O.[H-].[H-].[K+].[Na+].[Ti]. The van der Waals surface area contributed by atoms with Crippen molar-refractivity contribution in [3.63, 3.8) is 0 Å². The van der Waals surface area contributed by atoms with Crippen LogP contribution in [0.2, 0.25) is 0 Å². The molecule has 4 N–H and O–H groups in total. The van der Waals surface area contributed by atoms with Gasteiger partial charge in [0.1, 0.15) is 0 Å². The summed E-state index contributed by atoms with van der Waals surface area (Å²) in [5.74, 6) is 0. The summed E-state index contributed by atoms with van der Waals surface area (Å²) in [5, 5.41) is 0. The molecule has 0 rings (SSSR count). The summed E-state index contributed by atoms with van der Waals surface area (Å²) in [5.41, 5.74) is 0. The maximum atomic E-state index is 0. The molecule has 0 heterocycles. The van der Waals surface area contributed by atoms with Crippen LogP contribution in [0.5, 0.6) is 0 Å². The van der Waals surface area contributed by atoms with Crippen molar-refractivity contribution < 1.29 is 116 Å². The summed E-state index contributed by atoms with van der Waals surface area (Å²) in [6.45, 7) is 0. The molecule has 0 aliphatic carbocycles. The van der Waals surface area contributed by atoms with Crippen LogP contribution in [-0.4, -0.2) is 11.0 Å². The fourth-order valence-electron chi connectivity index (χ4n) is 0. The van der Waals surface area contributed by atoms with Crippen molar-refractivity contribution in [3.8, 4) is 0 Å². The van der Waals surface area contributed by atoms with Crippen molar-refractivity contribution in [2.24, 2.45) is 0 Å². The number of rotatable bonds is 0. The van der Waals surface area contributed by atoms with E-state index in [9.17, 15) is 0 Å². The summed E-state index contributed by atoms with van der Waals surface area (Å²) in [7, 11) is 0. The van der Waals surface area contributed by atoms with Crippen LogP contribution < -0.4 is 80.9 Å². The second kappa shape index (κ2) is 26.7. The Morgan fingerprint density at radius 2 is 1.00 bits per heavy atom. The number of hydrogen-bond acceptors (Lipinski definition) is 0. The normalized spacial score (nSPS) is 0. The van der Waals surface area contributed by atoms with Gasteiger partial charge in [0.25, 0.3) is 0 Å². The molecule has 5 heteroatoms. The Bertz CT molecular complexity index is 15.7. The van der Waals surface area contributed by atoms with Crippen LogP contribution in [0.4, 0.5) is 0 Å². The largest absolute Gasteiger partial charge is 1.00 e. The van der Waals surface area contributed by atoms with Crippen LogP contribution in [0, 0.1) is 0 Å². The smallest absolute Gasteiger partial charge is 1.00 e. The zero-order valence-corrected chi connectivity index (χ0v) is 10.2. The van der Waals surface area contributed by atoms with Gasteiger partial charge in [-0.25, -0.2) is 0 Å². The molecular weight excluding hydrogens is 142 g/mol. The Morgan fingerprint density at radius 1 is 1.00 bits per heavy atom. The Balaban J connectivity index is 0. The predicted molar refractivity (Wildman–Crippen MR) is 9.45 cm³/mol. The van der Waals surface area contributed by atoms with Crippen LogP contribution in [0.25, 0.3) is 0 Å². The van der Waals surface area contributed by atoms with Crippen molar-refractivity contribution in [1.82, 2.24) is 0 Å². The van der Waals surface area contributed by atoms with Gasteiger partial charge in [-0.05, 0) is 0 Å². The quantitative estimate of drug-likeness (QED) is 0.306. The van der Waals surface area contributed by atoms with E-state index in [0.29, 0.717) is 0 Å². The van der Waals surface area contributed by atoms with Crippen molar-refractivity contribution in [3.05, 3.63) is 0 Å². The van der Waals surface area contributed by atoms with Crippen molar-refractivity contribution in [2.45, 2.75) is 0 Å². The molecule has 0 unspecified atom stereocenters. The minimum atomic E-state index is 0. The van der Waals surface area contributed by atoms with E-state index in [1.165, 1.54) is 0 Å². The van der Waals surface area contributed by atoms with Gasteiger partial charge in [-0.2, -0.15) is 0 Å². The molecule has 5 heavy (non-hydrogen) atoms. The van der Waals surface area contributed by atoms with E-state index in [-0.39, 0.29) is 116 Å². The Hall–Kier alpha value is 3.27. The second-order valence-corrected chi connectivity index (χ2v) is 0. The average Bonchev–Trinajstić information content (AvgIpc) is 0. The molecular formula is H6KNaO2Ti. The molecule has 0 aliphatic heterocycles. The average molecular weight is 148 g/mol. The maximum absolute atomic E-state index is 0. The van der Waals surface area contributed by atoms with Crippen molar-refractivity contribution >= 4 is 0 Å². The molecule has 0 fully saturated rings. The van der Waals surface area contributed by atoms with Crippen LogP contribution >= 0.6 is 0 Å². The van der Waals surface area contributed by atoms with Crippen LogP contribution in [0.15, 0.2) is 0 Å². The molecule has 24 valence electrons. The summed E-state index contributed by atoms with van der Waals surface area (Å²) in [6, 6.07) is 0. The summed E-state index contributed by atoms with van der Waals surface area (Å²) < 4.78 is 0. The molecule has 0 amide bonds. The first kappa shape index (κ1) is 40.9. The number of hydrogen-bond donors (Lipinski definition) is 0. The molecule has 0 radical (unpaired) electrons. The molecule has 0 aromatic heterocycles. The van der Waals surface area contributed by atoms with Gasteiger partial charge in [-0.3, -0.25) is 0 Å². The summed E-state index contributed by atoms with van der Waals surface area (Å²) in [6.07, 6.45) is 0. The van der Waals surface area contributed by atoms with Gasteiger partial charge >= 0.3 is 80.9 Å². The van der Waals surface area contributed by atoms with Crippen LogP contribution in [-0.2, 0) is 21.7 Å². The van der Waals surface area contributed by atoms with Gasteiger partial charge in [-0.15, -0.1) is 0 Å². The third-order valence-electron chi connectivity index (χ3n) is 0. The fourth-order valence-corrected chi connectivity index (χ4v) is 0. The van der Waals surface area contributed by atoms with E-state index < -0.39 is 0 Å². The standard InChI is InChI=1S/K.Na.2H2O.Ti.2H/h;;2*1H2;;;/q2*+1;;;;2*-1. The molecule has 0 atom stereocenters. The monoisotopic (exact) mass is 148 g/mol. The van der Waals surface area contributed by atoms with Crippen molar-refractivity contribution in [2.75, 3.05) is 0 Å². The van der Waals surface area contributed by atoms with E-state index >= 15 is 0 Å². The molecule has 0 aromatic carbocycles. The molecule has 0 bridgehead atoms. The van der Waals surface area contributed by atoms with Gasteiger partial charge < -0.3 is 13.8 Å². The van der Waals surface area contributed by atoms with Crippen molar-refractivity contribution in [1.29, 1.82) is 0 Å². The van der Waals surface area contributed by atoms with E-state index in [1.54, 1.807) is 0 Å². The minimum Gasteiger partial charge on any atom is -1.00 e. The molecule has 0 spiro atoms. The van der Waals surface area contributed by atoms with Gasteiger partial charge in [0.05, 0.1) is 0 Å². The Morgan fingerprint density at radius 3 is 1.00 bits per heavy atom. The van der Waals surface area contributed by atoms with Gasteiger partial charge in [0.2, 0.25) is 0 Å². The van der Waals surface area contributed by atoms with Gasteiger partial charge in [0.15, 0.2) is 0 Å². The first-order valence-corrected chi connectivity index (χ1v) is 0. The maximum Gasteiger partial charge on any atom is 1.00 e. The third kappa shape index (κ3) is 18.9. The topological polar surface area (TPSA) is 63.0 Å². The van der Waals surface area contributed by atoms with Gasteiger partial charge in [0, 0.05) is 21.7 Å². The first-order valence-electron chi connectivity index (χ1n) is 0. The van der Waals surface area contributed by atoms with Gasteiger partial charge in [-0.1, -0.05) is 0 Å². The zero-order valence-electron chi connectivity index (χ0n) is 5.50. The Kier molecular flexibility index (Phi) is 218. The Labute approximate surface area is 114 Å². The van der Waals surface area contributed by atoms with Crippen LogP contribution in [0.3, 0.4) is 0 Å². The molecule has 0 saturated heterocycles. The third-order valence-corrected chi connectivity index (χ3v) is 0. The minimum absolute atomic E-state index is 0.